The summed E-state index contributed by atoms with van der Waals surface area (Å²) < 4.78 is 5.64. The number of ether oxygens (including phenoxy) is 1. The summed E-state index contributed by atoms with van der Waals surface area (Å²) in [6.07, 6.45) is 1.33. The van der Waals surface area contributed by atoms with Crippen LogP contribution in [-0.4, -0.2) is 13.2 Å². The van der Waals surface area contributed by atoms with Crippen LogP contribution in [0.25, 0.3) is 0 Å². The van der Waals surface area contributed by atoms with Crippen molar-refractivity contribution in [3.8, 4) is 5.75 Å². The molecule has 1 atom stereocenters. The SMILES string of the molecule is CCC(C)Oc1ccc(NC)cc1. The van der Waals surface area contributed by atoms with Crippen LogP contribution in [0.15, 0.2) is 24.3 Å². The van der Waals surface area contributed by atoms with Crippen molar-refractivity contribution in [1.82, 2.24) is 0 Å². The Balaban J connectivity index is 2.58. The van der Waals surface area contributed by atoms with E-state index < -0.39 is 0 Å². The molecule has 1 unspecified atom stereocenters. The van der Waals surface area contributed by atoms with Gasteiger partial charge < -0.3 is 10.1 Å². The van der Waals surface area contributed by atoms with Crippen molar-refractivity contribution in [1.29, 1.82) is 0 Å². The third kappa shape index (κ3) is 2.98. The number of nitrogens with one attached hydrogen (secondary N) is 1. The van der Waals surface area contributed by atoms with E-state index in [-0.39, 0.29) is 0 Å². The molecular formula is C11H17NO. The summed E-state index contributed by atoms with van der Waals surface area (Å²) in [6.45, 7) is 4.19. The maximum atomic E-state index is 5.64. The summed E-state index contributed by atoms with van der Waals surface area (Å²) in [5.41, 5.74) is 1.11. The topological polar surface area (TPSA) is 21.3 Å². The molecule has 0 heterocycles. The number of rotatable bonds is 4. The zero-order chi connectivity index (χ0) is 9.68. The molecule has 1 rings (SSSR count). The van der Waals surface area contributed by atoms with E-state index in [2.05, 4.69) is 19.2 Å². The highest BCUT2D eigenvalue weighted by Gasteiger charge is 1.99. The van der Waals surface area contributed by atoms with Crippen LogP contribution >= 0.6 is 0 Å². The third-order valence-corrected chi connectivity index (χ3v) is 2.06. The fraction of sp³-hybridized carbons (Fsp3) is 0.455. The van der Waals surface area contributed by atoms with Crippen molar-refractivity contribution in [2.75, 3.05) is 12.4 Å². The fourth-order valence-electron chi connectivity index (χ4n) is 1.02. The molecular weight excluding hydrogens is 162 g/mol. The molecule has 1 aromatic rings. The average molecular weight is 179 g/mol. The predicted molar refractivity (Wildman–Crippen MR) is 56.4 cm³/mol. The Hall–Kier alpha value is -1.18. The summed E-state index contributed by atoms with van der Waals surface area (Å²) in [6, 6.07) is 7.99. The Morgan fingerprint density at radius 3 is 2.38 bits per heavy atom. The Bertz CT molecular complexity index is 243. The van der Waals surface area contributed by atoms with Crippen LogP contribution in [0.2, 0.25) is 0 Å². The standard InChI is InChI=1S/C11H17NO/c1-4-9(2)13-11-7-5-10(12-3)6-8-11/h5-9,12H,4H2,1-3H3. The van der Waals surface area contributed by atoms with Crippen LogP contribution in [-0.2, 0) is 0 Å². The molecule has 0 bridgehead atoms. The van der Waals surface area contributed by atoms with Gasteiger partial charge in [-0.15, -0.1) is 0 Å². The smallest absolute Gasteiger partial charge is 0.119 e. The number of anilines is 1. The summed E-state index contributed by atoms with van der Waals surface area (Å²) >= 11 is 0. The largest absolute Gasteiger partial charge is 0.491 e. The van der Waals surface area contributed by atoms with E-state index in [0.29, 0.717) is 6.10 Å². The van der Waals surface area contributed by atoms with Crippen LogP contribution in [0.5, 0.6) is 5.75 Å². The average Bonchev–Trinajstić information content (AvgIpc) is 2.19. The Labute approximate surface area is 79.9 Å². The zero-order valence-corrected chi connectivity index (χ0v) is 8.50. The first-order valence-corrected chi connectivity index (χ1v) is 4.70. The van der Waals surface area contributed by atoms with Gasteiger partial charge in [-0.3, -0.25) is 0 Å². The number of hydrogen-bond donors (Lipinski definition) is 1. The minimum absolute atomic E-state index is 0.292. The van der Waals surface area contributed by atoms with E-state index >= 15 is 0 Å². The summed E-state index contributed by atoms with van der Waals surface area (Å²) in [7, 11) is 1.91. The van der Waals surface area contributed by atoms with E-state index in [4.69, 9.17) is 4.74 Å². The molecule has 0 aromatic heterocycles. The predicted octanol–water partition coefficient (Wildman–Crippen LogP) is 2.91. The fourth-order valence-corrected chi connectivity index (χ4v) is 1.02. The lowest BCUT2D eigenvalue weighted by molar-refractivity contribution is 0.217. The molecule has 1 N–H and O–H groups in total. The molecule has 0 radical (unpaired) electrons. The normalized spacial score (nSPS) is 12.2. The summed E-state index contributed by atoms with van der Waals surface area (Å²) in [5, 5.41) is 3.07. The Morgan fingerprint density at radius 1 is 1.31 bits per heavy atom. The van der Waals surface area contributed by atoms with Gasteiger partial charge in [0.25, 0.3) is 0 Å². The van der Waals surface area contributed by atoms with Gasteiger partial charge in [0.15, 0.2) is 0 Å². The van der Waals surface area contributed by atoms with Crippen LogP contribution in [0.1, 0.15) is 20.3 Å². The quantitative estimate of drug-likeness (QED) is 0.767. The highest BCUT2D eigenvalue weighted by Crippen LogP contribution is 2.16. The van der Waals surface area contributed by atoms with Gasteiger partial charge in [0.2, 0.25) is 0 Å². The molecule has 0 fully saturated rings. The van der Waals surface area contributed by atoms with E-state index in [0.717, 1.165) is 17.9 Å². The molecule has 13 heavy (non-hydrogen) atoms. The lowest BCUT2D eigenvalue weighted by atomic mass is 10.3. The second-order valence-corrected chi connectivity index (χ2v) is 3.11. The molecule has 2 heteroatoms. The first kappa shape index (κ1) is 9.90. The third-order valence-electron chi connectivity index (χ3n) is 2.06. The molecule has 0 saturated carbocycles. The van der Waals surface area contributed by atoms with Gasteiger partial charge in [-0.2, -0.15) is 0 Å². The second kappa shape index (κ2) is 4.75. The first-order chi connectivity index (χ1) is 6.26. The van der Waals surface area contributed by atoms with Crippen molar-refractivity contribution < 1.29 is 4.74 Å². The van der Waals surface area contributed by atoms with Gasteiger partial charge in [0.1, 0.15) is 5.75 Å². The van der Waals surface area contributed by atoms with Crippen molar-refractivity contribution >= 4 is 5.69 Å². The Morgan fingerprint density at radius 2 is 1.92 bits per heavy atom. The molecule has 0 aliphatic heterocycles. The maximum Gasteiger partial charge on any atom is 0.119 e. The summed E-state index contributed by atoms with van der Waals surface area (Å²) in [5.74, 6) is 0.938. The van der Waals surface area contributed by atoms with E-state index in [1.54, 1.807) is 0 Å². The lowest BCUT2D eigenvalue weighted by Crippen LogP contribution is -2.09. The highest BCUT2D eigenvalue weighted by molar-refractivity contribution is 5.45. The van der Waals surface area contributed by atoms with Crippen molar-refractivity contribution in [3.05, 3.63) is 24.3 Å². The van der Waals surface area contributed by atoms with Crippen LogP contribution < -0.4 is 10.1 Å². The minimum atomic E-state index is 0.292. The van der Waals surface area contributed by atoms with Crippen LogP contribution in [0, 0.1) is 0 Å². The van der Waals surface area contributed by atoms with E-state index in [9.17, 15) is 0 Å². The first-order valence-electron chi connectivity index (χ1n) is 4.70. The van der Waals surface area contributed by atoms with Gasteiger partial charge in [-0.25, -0.2) is 0 Å². The summed E-state index contributed by atoms with van der Waals surface area (Å²) in [4.78, 5) is 0. The van der Waals surface area contributed by atoms with Gasteiger partial charge >= 0.3 is 0 Å². The van der Waals surface area contributed by atoms with Gasteiger partial charge in [0.05, 0.1) is 6.10 Å². The van der Waals surface area contributed by atoms with Crippen LogP contribution in [0.4, 0.5) is 5.69 Å². The van der Waals surface area contributed by atoms with Gasteiger partial charge in [0, 0.05) is 12.7 Å². The van der Waals surface area contributed by atoms with Crippen molar-refractivity contribution in [3.63, 3.8) is 0 Å². The van der Waals surface area contributed by atoms with Gasteiger partial charge in [-0.05, 0) is 37.6 Å². The zero-order valence-electron chi connectivity index (χ0n) is 8.50. The van der Waals surface area contributed by atoms with Crippen LogP contribution in [0.3, 0.4) is 0 Å². The number of hydrogen-bond acceptors (Lipinski definition) is 2. The molecule has 0 spiro atoms. The molecule has 0 aliphatic carbocycles. The monoisotopic (exact) mass is 179 g/mol. The molecule has 0 aliphatic rings. The lowest BCUT2D eigenvalue weighted by Gasteiger charge is -2.12. The van der Waals surface area contributed by atoms with Crippen molar-refractivity contribution in [2.45, 2.75) is 26.4 Å². The van der Waals surface area contributed by atoms with Crippen molar-refractivity contribution in [2.24, 2.45) is 0 Å². The van der Waals surface area contributed by atoms with Gasteiger partial charge in [-0.1, -0.05) is 6.92 Å². The van der Waals surface area contributed by atoms with E-state index in [1.807, 2.05) is 31.3 Å². The minimum Gasteiger partial charge on any atom is -0.491 e. The number of benzene rings is 1. The molecule has 1 aromatic carbocycles. The molecule has 2 nitrogen and oxygen atoms in total. The van der Waals surface area contributed by atoms with E-state index in [1.165, 1.54) is 0 Å². The maximum absolute atomic E-state index is 5.64. The Kier molecular flexibility index (Phi) is 3.62. The molecule has 72 valence electrons. The molecule has 0 saturated heterocycles. The second-order valence-electron chi connectivity index (χ2n) is 3.11. The highest BCUT2D eigenvalue weighted by atomic mass is 16.5. The molecule has 0 amide bonds.